The minimum absolute atomic E-state index is 0.184. The van der Waals surface area contributed by atoms with E-state index in [9.17, 15) is 4.39 Å². The maximum atomic E-state index is 12.8. The summed E-state index contributed by atoms with van der Waals surface area (Å²) in [6.45, 7) is 2.07. The van der Waals surface area contributed by atoms with Gasteiger partial charge in [0, 0.05) is 0 Å². The van der Waals surface area contributed by atoms with Crippen molar-refractivity contribution in [1.29, 1.82) is 0 Å². The highest BCUT2D eigenvalue weighted by Crippen LogP contribution is 2.31. The first kappa shape index (κ1) is 11.6. The lowest BCUT2D eigenvalue weighted by Crippen LogP contribution is -1.92. The monoisotopic (exact) mass is 326 g/mol. The second-order valence-corrected chi connectivity index (χ2v) is 5.07. The van der Waals surface area contributed by atoms with Crippen molar-refractivity contribution in [3.8, 4) is 0 Å². The molecule has 2 aromatic carbocycles. The fraction of sp³-hybridized carbons (Fsp3) is 0.143. The smallest absolute Gasteiger partial charge is 0.123 e. The Morgan fingerprint density at radius 2 is 1.31 bits per heavy atom. The third-order valence-electron chi connectivity index (χ3n) is 2.53. The fourth-order valence-electron chi connectivity index (χ4n) is 1.56. The molecule has 2 aromatic rings. The van der Waals surface area contributed by atoms with Crippen LogP contribution in [0.1, 0.15) is 20.6 Å². The van der Waals surface area contributed by atoms with Crippen molar-refractivity contribution in [2.45, 2.75) is 10.8 Å². The molecule has 1 atom stereocenters. The summed E-state index contributed by atoms with van der Waals surface area (Å²) >= 11 is 2.37. The lowest BCUT2D eigenvalue weighted by atomic mass is 10.0. The zero-order valence-electron chi connectivity index (χ0n) is 8.95. The van der Waals surface area contributed by atoms with Gasteiger partial charge in [0.15, 0.2) is 0 Å². The molecule has 82 valence electrons. The first-order valence-corrected chi connectivity index (χ1v) is 6.37. The van der Waals surface area contributed by atoms with Crippen LogP contribution in [-0.2, 0) is 0 Å². The van der Waals surface area contributed by atoms with Gasteiger partial charge in [0.2, 0.25) is 0 Å². The summed E-state index contributed by atoms with van der Waals surface area (Å²) in [4.78, 5) is 0. The van der Waals surface area contributed by atoms with Crippen LogP contribution in [0.15, 0.2) is 48.5 Å². The molecular weight excluding hydrogens is 314 g/mol. The molecule has 0 aliphatic heterocycles. The second-order valence-electron chi connectivity index (χ2n) is 3.82. The molecule has 0 N–H and O–H groups in total. The Labute approximate surface area is 109 Å². The zero-order chi connectivity index (χ0) is 11.5. The van der Waals surface area contributed by atoms with Crippen LogP contribution in [0.4, 0.5) is 4.39 Å². The average Bonchev–Trinajstić information content (AvgIpc) is 2.30. The molecule has 0 heterocycles. The second kappa shape index (κ2) is 4.95. The molecule has 0 nitrogen and oxygen atoms in total. The highest BCUT2D eigenvalue weighted by Gasteiger charge is 2.09. The van der Waals surface area contributed by atoms with E-state index in [2.05, 4.69) is 53.8 Å². The topological polar surface area (TPSA) is 0 Å². The van der Waals surface area contributed by atoms with E-state index in [1.165, 1.54) is 23.3 Å². The van der Waals surface area contributed by atoms with Gasteiger partial charge < -0.3 is 0 Å². The third-order valence-corrected chi connectivity index (χ3v) is 3.97. The number of rotatable bonds is 2. The van der Waals surface area contributed by atoms with E-state index in [1.807, 2.05) is 12.1 Å². The summed E-state index contributed by atoms with van der Waals surface area (Å²) in [6, 6.07) is 15.1. The lowest BCUT2D eigenvalue weighted by Gasteiger charge is -2.10. The SMILES string of the molecule is Cc1ccc(C(I)c2ccc(F)cc2)cc1. The van der Waals surface area contributed by atoms with Gasteiger partial charge in [-0.05, 0) is 30.2 Å². The van der Waals surface area contributed by atoms with Crippen LogP contribution >= 0.6 is 22.6 Å². The first-order valence-electron chi connectivity index (χ1n) is 5.13. The number of benzene rings is 2. The number of hydrogen-bond acceptors (Lipinski definition) is 0. The van der Waals surface area contributed by atoms with Gasteiger partial charge in [-0.1, -0.05) is 64.6 Å². The van der Waals surface area contributed by atoms with Crippen molar-refractivity contribution in [3.63, 3.8) is 0 Å². The Bertz CT molecular complexity index is 414. The molecule has 0 amide bonds. The molecule has 1 unspecified atom stereocenters. The van der Waals surface area contributed by atoms with Crippen LogP contribution in [0.5, 0.6) is 0 Å². The number of halogens is 2. The normalized spacial score (nSPS) is 12.4. The van der Waals surface area contributed by atoms with Gasteiger partial charge in [-0.15, -0.1) is 0 Å². The summed E-state index contributed by atoms with van der Waals surface area (Å²) in [5, 5.41) is 0. The van der Waals surface area contributed by atoms with Gasteiger partial charge in [-0.25, -0.2) is 4.39 Å². The first-order chi connectivity index (χ1) is 7.66. The molecular formula is C14H12FI. The van der Waals surface area contributed by atoms with Crippen molar-refractivity contribution >= 4 is 22.6 Å². The molecule has 0 saturated heterocycles. The summed E-state index contributed by atoms with van der Waals surface area (Å²) in [7, 11) is 0. The maximum Gasteiger partial charge on any atom is 0.123 e. The largest absolute Gasteiger partial charge is 0.207 e. The molecule has 0 spiro atoms. The van der Waals surface area contributed by atoms with Crippen molar-refractivity contribution in [2.75, 3.05) is 0 Å². The van der Waals surface area contributed by atoms with Crippen molar-refractivity contribution in [2.24, 2.45) is 0 Å². The van der Waals surface area contributed by atoms with Crippen molar-refractivity contribution in [3.05, 3.63) is 71.0 Å². The van der Waals surface area contributed by atoms with Gasteiger partial charge in [-0.2, -0.15) is 0 Å². The van der Waals surface area contributed by atoms with Gasteiger partial charge in [0.1, 0.15) is 5.82 Å². The molecule has 0 aliphatic rings. The minimum Gasteiger partial charge on any atom is -0.207 e. The summed E-state index contributed by atoms with van der Waals surface area (Å²) in [5.74, 6) is -0.184. The van der Waals surface area contributed by atoms with Gasteiger partial charge in [-0.3, -0.25) is 0 Å². The molecule has 0 aliphatic carbocycles. The highest BCUT2D eigenvalue weighted by molar-refractivity contribution is 14.1. The van der Waals surface area contributed by atoms with Crippen LogP contribution in [0.3, 0.4) is 0 Å². The summed E-state index contributed by atoms with van der Waals surface area (Å²) < 4.78 is 13.1. The lowest BCUT2D eigenvalue weighted by molar-refractivity contribution is 0.627. The van der Waals surface area contributed by atoms with E-state index in [1.54, 1.807) is 0 Å². The number of hydrogen-bond donors (Lipinski definition) is 0. The highest BCUT2D eigenvalue weighted by atomic mass is 127. The predicted octanol–water partition coefficient (Wildman–Crippen LogP) is 4.66. The van der Waals surface area contributed by atoms with Crippen LogP contribution in [-0.4, -0.2) is 0 Å². The molecule has 0 fully saturated rings. The van der Waals surface area contributed by atoms with E-state index in [0.717, 1.165) is 5.56 Å². The Morgan fingerprint density at radius 3 is 1.81 bits per heavy atom. The van der Waals surface area contributed by atoms with Crippen LogP contribution < -0.4 is 0 Å². The average molecular weight is 326 g/mol. The van der Waals surface area contributed by atoms with Crippen LogP contribution in [0, 0.1) is 12.7 Å². The quantitative estimate of drug-likeness (QED) is 0.556. The van der Waals surface area contributed by atoms with Gasteiger partial charge >= 0.3 is 0 Å². The Balaban J connectivity index is 2.28. The Morgan fingerprint density at radius 1 is 0.875 bits per heavy atom. The Kier molecular flexibility index (Phi) is 3.59. The van der Waals surface area contributed by atoms with Crippen LogP contribution in [0.2, 0.25) is 0 Å². The zero-order valence-corrected chi connectivity index (χ0v) is 11.1. The molecule has 0 radical (unpaired) electrons. The molecule has 2 heteroatoms. The van der Waals surface area contributed by atoms with Crippen molar-refractivity contribution < 1.29 is 4.39 Å². The van der Waals surface area contributed by atoms with Gasteiger partial charge in [0.25, 0.3) is 0 Å². The molecule has 16 heavy (non-hydrogen) atoms. The van der Waals surface area contributed by atoms with Gasteiger partial charge in [0.05, 0.1) is 3.92 Å². The summed E-state index contributed by atoms with van der Waals surface area (Å²) in [5.41, 5.74) is 3.63. The standard InChI is InChI=1S/C14H12FI/c1-10-2-4-11(5-3-10)14(16)12-6-8-13(15)9-7-12/h2-9,14H,1H3. The van der Waals surface area contributed by atoms with E-state index >= 15 is 0 Å². The molecule has 0 saturated carbocycles. The van der Waals surface area contributed by atoms with E-state index in [0.29, 0.717) is 0 Å². The molecule has 0 aromatic heterocycles. The molecule has 0 bridgehead atoms. The predicted molar refractivity (Wildman–Crippen MR) is 73.4 cm³/mol. The maximum absolute atomic E-state index is 12.8. The molecule has 2 rings (SSSR count). The van der Waals surface area contributed by atoms with Crippen molar-refractivity contribution in [1.82, 2.24) is 0 Å². The third kappa shape index (κ3) is 2.61. The van der Waals surface area contributed by atoms with E-state index < -0.39 is 0 Å². The number of aryl methyl sites for hydroxylation is 1. The fourth-order valence-corrected chi connectivity index (χ4v) is 2.39. The Hall–Kier alpha value is -0.900. The van der Waals surface area contributed by atoms with E-state index in [4.69, 9.17) is 0 Å². The summed E-state index contributed by atoms with van der Waals surface area (Å²) in [6.07, 6.45) is 0. The minimum atomic E-state index is -0.184. The van der Waals surface area contributed by atoms with E-state index in [-0.39, 0.29) is 9.74 Å². The van der Waals surface area contributed by atoms with Crippen LogP contribution in [0.25, 0.3) is 0 Å². The number of alkyl halides is 1.